The van der Waals surface area contributed by atoms with Gasteiger partial charge < -0.3 is 4.79 Å². The first-order valence-electron chi connectivity index (χ1n) is 3.50. The van der Waals surface area contributed by atoms with Crippen LogP contribution in [0, 0.1) is 31.1 Å². The minimum Gasteiger partial charge on any atom is -0.300 e. The number of hydrogen-bond donors (Lipinski definition) is 0. The molecule has 0 saturated heterocycles. The largest absolute Gasteiger partial charge is 0.300 e. The summed E-state index contributed by atoms with van der Waals surface area (Å²) in [7, 11) is 5.49. The Kier molecular flexibility index (Phi) is 10.6. The molecule has 0 fully saturated rings. The second-order valence-electron chi connectivity index (χ2n) is 2.22. The molecule has 0 heterocycles. The Bertz CT molecular complexity index is 95.6. The third-order valence-corrected chi connectivity index (χ3v) is 1.36. The number of hydrogen-bond acceptors (Lipinski definition) is 1. The van der Waals surface area contributed by atoms with Gasteiger partial charge in [-0.3, -0.25) is 0 Å². The second-order valence-corrected chi connectivity index (χ2v) is 2.22. The summed E-state index contributed by atoms with van der Waals surface area (Å²) in [4.78, 5) is 10.8. The Hall–Kier alpha value is 0.787. The van der Waals surface area contributed by atoms with Crippen LogP contribution in [0.1, 0.15) is 33.1 Å². The van der Waals surface area contributed by atoms with E-state index in [2.05, 4.69) is 0 Å². The molecule has 0 spiro atoms. The topological polar surface area (TPSA) is 17.1 Å². The maximum atomic E-state index is 10.8. The Balaban J connectivity index is 0. The summed E-state index contributed by atoms with van der Waals surface area (Å²) >= 11 is 0. The molecule has 0 aromatic carbocycles. The summed E-state index contributed by atoms with van der Waals surface area (Å²) < 4.78 is 0. The van der Waals surface area contributed by atoms with Gasteiger partial charge in [0.05, 0.1) is 7.85 Å². The molecule has 1 nitrogen and oxygen atoms in total. The van der Waals surface area contributed by atoms with E-state index >= 15 is 0 Å². The molecule has 2 radical (unpaired) electrons. The molecule has 0 rings (SSSR count). The number of rotatable bonds is 4. The quantitative estimate of drug-likeness (QED) is 0.697. The van der Waals surface area contributed by atoms with Crippen molar-refractivity contribution in [2.45, 2.75) is 38.9 Å². The fourth-order valence-electron chi connectivity index (χ4n) is 0.734. The average Bonchev–Trinajstić information content (AvgIpc) is 1.87. The molecule has 10 heavy (non-hydrogen) atoms. The van der Waals surface area contributed by atoms with Crippen LogP contribution in [0.25, 0.3) is 0 Å². The first-order chi connectivity index (χ1) is 4.22. The van der Waals surface area contributed by atoms with Gasteiger partial charge >= 0.3 is 0 Å². The van der Waals surface area contributed by atoms with Gasteiger partial charge in [0.25, 0.3) is 0 Å². The monoisotopic (exact) mass is 362 g/mol. The van der Waals surface area contributed by atoms with Crippen LogP contribution in [0.4, 0.5) is 0 Å². The summed E-state index contributed by atoms with van der Waals surface area (Å²) in [5, 5.41) is 0. The number of carbonyl (C=O) groups excluding carboxylic acids is 1. The van der Waals surface area contributed by atoms with Crippen molar-refractivity contribution in [2.24, 2.45) is 0 Å². The van der Waals surface area contributed by atoms with Gasteiger partial charge in [-0.05, 0) is 5.82 Å². The second kappa shape index (κ2) is 7.89. The van der Waals surface area contributed by atoms with Gasteiger partial charge in [0, 0.05) is 37.5 Å². The molecule has 54 valence electrons. The van der Waals surface area contributed by atoms with E-state index in [1.165, 1.54) is 0 Å². The van der Waals surface area contributed by atoms with E-state index in [1.807, 2.05) is 13.8 Å². The molecule has 0 saturated carbocycles. The van der Waals surface area contributed by atoms with Crippen molar-refractivity contribution in [1.29, 1.82) is 0 Å². The maximum Gasteiger partial charge on any atom is 0.127 e. The van der Waals surface area contributed by atoms with Crippen molar-refractivity contribution >= 4 is 13.6 Å². The van der Waals surface area contributed by atoms with E-state index in [-0.39, 0.29) is 42.7 Å². The van der Waals surface area contributed by atoms with Crippen molar-refractivity contribution < 1.29 is 35.9 Å². The zero-order valence-electron chi connectivity index (χ0n) is 6.68. The molecule has 0 aliphatic rings. The van der Waals surface area contributed by atoms with Crippen LogP contribution in [-0.2, 0) is 4.79 Å². The van der Waals surface area contributed by atoms with Crippen LogP contribution in [0.2, 0.25) is 5.82 Å². The summed E-state index contributed by atoms with van der Waals surface area (Å²) in [6.07, 6.45) is 2.39. The molecule has 0 amide bonds. The predicted octanol–water partition coefficient (Wildman–Crippen LogP) is 1.72. The zero-order chi connectivity index (χ0) is 7.28. The van der Waals surface area contributed by atoms with Crippen molar-refractivity contribution in [3.05, 3.63) is 0 Å². The molecular weight excluding hydrogens is 349 g/mol. The third-order valence-electron chi connectivity index (χ3n) is 1.36. The van der Waals surface area contributed by atoms with Crippen LogP contribution in [0.15, 0.2) is 0 Å². The molecule has 1 unspecified atom stereocenters. The van der Waals surface area contributed by atoms with E-state index in [0.717, 1.165) is 12.8 Å². The minimum atomic E-state index is -0.208. The molecule has 0 aromatic rings. The van der Waals surface area contributed by atoms with Gasteiger partial charge in [-0.15, -0.1) is 0 Å². The van der Waals surface area contributed by atoms with Crippen LogP contribution in [-0.4, -0.2) is 13.6 Å². The summed E-state index contributed by atoms with van der Waals surface area (Å²) in [5.41, 5.74) is 0. The fourth-order valence-corrected chi connectivity index (χ4v) is 0.734. The number of ketones is 1. The zero-order valence-corrected chi connectivity index (χ0v) is 10.8. The third kappa shape index (κ3) is 5.56. The van der Waals surface area contributed by atoms with Crippen LogP contribution < -0.4 is 0 Å². The smallest absolute Gasteiger partial charge is 0.127 e. The Labute approximate surface area is 88.1 Å². The first kappa shape index (κ1) is 13.4. The van der Waals surface area contributed by atoms with E-state index in [1.54, 1.807) is 0 Å². The van der Waals surface area contributed by atoms with E-state index in [9.17, 15) is 4.79 Å². The standard InChI is InChI=1S/C7H13BO.U/c1-3-5-6(8)7(9)4-2;/h6H,3-5H2,1-2H3;. The van der Waals surface area contributed by atoms with E-state index in [0.29, 0.717) is 6.42 Å². The average molecular weight is 362 g/mol. The van der Waals surface area contributed by atoms with Gasteiger partial charge in [0.2, 0.25) is 0 Å². The van der Waals surface area contributed by atoms with E-state index in [4.69, 9.17) is 7.85 Å². The molecule has 3 heteroatoms. The summed E-state index contributed by atoms with van der Waals surface area (Å²) in [6.45, 7) is 3.88. The summed E-state index contributed by atoms with van der Waals surface area (Å²) in [5.74, 6) is -0.0307. The molecular formula is C7H13BOU. The van der Waals surface area contributed by atoms with Crippen LogP contribution in [0.3, 0.4) is 0 Å². The SMILES string of the molecule is [B]C(CCC)C(=O)CC.[U]. The minimum absolute atomic E-state index is 0. The molecule has 1 atom stereocenters. The van der Waals surface area contributed by atoms with Gasteiger partial charge in [-0.25, -0.2) is 0 Å². The van der Waals surface area contributed by atoms with Gasteiger partial charge in [0.1, 0.15) is 5.78 Å². The van der Waals surface area contributed by atoms with Gasteiger partial charge in [-0.1, -0.05) is 26.7 Å². The fraction of sp³-hybridized carbons (Fsp3) is 0.857. The van der Waals surface area contributed by atoms with Gasteiger partial charge in [0.15, 0.2) is 0 Å². The predicted molar refractivity (Wildman–Crippen MR) is 39.7 cm³/mol. The Morgan fingerprint density at radius 1 is 1.50 bits per heavy atom. The molecule has 0 aromatic heterocycles. The van der Waals surface area contributed by atoms with Gasteiger partial charge in [-0.2, -0.15) is 0 Å². The van der Waals surface area contributed by atoms with Crippen LogP contribution >= 0.6 is 0 Å². The number of Topliss-reactive ketones (excluding diaryl/α,β-unsaturated/α-hetero) is 1. The van der Waals surface area contributed by atoms with Crippen molar-refractivity contribution in [2.75, 3.05) is 0 Å². The first-order valence-corrected chi connectivity index (χ1v) is 3.50. The van der Waals surface area contributed by atoms with Crippen LogP contribution in [0.5, 0.6) is 0 Å². The van der Waals surface area contributed by atoms with E-state index < -0.39 is 0 Å². The number of carbonyl (C=O) groups is 1. The molecule has 0 aliphatic carbocycles. The normalized spacial score (nSPS) is 11.8. The van der Waals surface area contributed by atoms with Crippen molar-refractivity contribution in [1.82, 2.24) is 0 Å². The maximum absolute atomic E-state index is 10.8. The molecule has 0 N–H and O–H groups in total. The summed E-state index contributed by atoms with van der Waals surface area (Å²) in [6, 6.07) is 0. The Morgan fingerprint density at radius 3 is 2.30 bits per heavy atom. The molecule has 0 aliphatic heterocycles. The van der Waals surface area contributed by atoms with Crippen molar-refractivity contribution in [3.63, 3.8) is 0 Å². The Morgan fingerprint density at radius 2 is 2.00 bits per heavy atom. The van der Waals surface area contributed by atoms with Crippen molar-refractivity contribution in [3.8, 4) is 0 Å². The molecule has 0 bridgehead atoms.